The number of benzene rings is 2. The molecule has 1 aliphatic heterocycles. The average Bonchev–Trinajstić information content (AvgIpc) is 2.74. The Morgan fingerprint density at radius 1 is 1.00 bits per heavy atom. The molecule has 0 unspecified atom stereocenters. The molecule has 0 aromatic heterocycles. The summed E-state index contributed by atoms with van der Waals surface area (Å²) in [5.41, 5.74) is 1.25. The first-order chi connectivity index (χ1) is 14.3. The molecule has 160 valence electrons. The first-order valence-electron chi connectivity index (χ1n) is 9.83. The van der Waals surface area contributed by atoms with Gasteiger partial charge in [0, 0.05) is 13.1 Å². The largest absolute Gasteiger partial charge is 0.452 e. The minimum absolute atomic E-state index is 0.0333. The Hall–Kier alpha value is -2.87. The number of aryl methyl sites for hydroxylation is 2. The number of hydrogen-bond donors (Lipinski definition) is 0. The van der Waals surface area contributed by atoms with Crippen LogP contribution in [0.1, 0.15) is 40.7 Å². The zero-order valence-corrected chi connectivity index (χ0v) is 17.9. The lowest BCUT2D eigenvalue weighted by atomic mass is 10.1. The predicted octanol–water partition coefficient (Wildman–Crippen LogP) is 3.24. The smallest absolute Gasteiger partial charge is 0.342 e. The first kappa shape index (κ1) is 21.8. The number of amides is 1. The van der Waals surface area contributed by atoms with E-state index in [1.807, 2.05) is 0 Å². The molecule has 8 heteroatoms. The van der Waals surface area contributed by atoms with E-state index in [4.69, 9.17) is 8.92 Å². The van der Waals surface area contributed by atoms with Gasteiger partial charge >= 0.3 is 16.1 Å². The fourth-order valence-electron chi connectivity index (χ4n) is 3.29. The maximum absolute atomic E-state index is 12.8. The van der Waals surface area contributed by atoms with E-state index in [9.17, 15) is 18.0 Å². The molecule has 30 heavy (non-hydrogen) atoms. The van der Waals surface area contributed by atoms with Gasteiger partial charge < -0.3 is 13.8 Å². The minimum Gasteiger partial charge on any atom is -0.452 e. The van der Waals surface area contributed by atoms with Gasteiger partial charge in [-0.25, -0.2) is 4.79 Å². The lowest BCUT2D eigenvalue weighted by Gasteiger charge is -2.26. The lowest BCUT2D eigenvalue weighted by Crippen LogP contribution is -2.38. The number of carbonyl (C=O) groups is 2. The molecule has 0 N–H and O–H groups in total. The molecule has 1 heterocycles. The summed E-state index contributed by atoms with van der Waals surface area (Å²) in [4.78, 5) is 26.5. The molecule has 7 nitrogen and oxygen atoms in total. The summed E-state index contributed by atoms with van der Waals surface area (Å²) in [6.45, 7) is 4.37. The summed E-state index contributed by atoms with van der Waals surface area (Å²) in [5, 5.41) is 0. The van der Waals surface area contributed by atoms with Crippen molar-refractivity contribution in [2.75, 3.05) is 19.7 Å². The number of carbonyl (C=O) groups excluding carboxylic acids is 2. The summed E-state index contributed by atoms with van der Waals surface area (Å²) < 4.78 is 36.0. The zero-order valence-electron chi connectivity index (χ0n) is 17.1. The molecule has 1 aliphatic rings. The fraction of sp³-hybridized carbons (Fsp3) is 0.364. The summed E-state index contributed by atoms with van der Waals surface area (Å²) in [6, 6.07) is 10.9. The van der Waals surface area contributed by atoms with Crippen LogP contribution in [0.25, 0.3) is 0 Å². The highest BCUT2D eigenvalue weighted by atomic mass is 32.2. The first-order valence-corrected chi connectivity index (χ1v) is 11.2. The predicted molar refractivity (Wildman–Crippen MR) is 111 cm³/mol. The van der Waals surface area contributed by atoms with Crippen LogP contribution in [0.4, 0.5) is 0 Å². The van der Waals surface area contributed by atoms with Gasteiger partial charge in [0.05, 0.1) is 0 Å². The zero-order chi connectivity index (χ0) is 21.7. The van der Waals surface area contributed by atoms with E-state index >= 15 is 0 Å². The van der Waals surface area contributed by atoms with Crippen molar-refractivity contribution >= 4 is 22.0 Å². The second kappa shape index (κ2) is 9.30. The van der Waals surface area contributed by atoms with Crippen LogP contribution >= 0.6 is 0 Å². The molecular formula is C22H25NO6S. The Labute approximate surface area is 176 Å². The van der Waals surface area contributed by atoms with Gasteiger partial charge in [0.25, 0.3) is 5.91 Å². The quantitative estimate of drug-likeness (QED) is 0.515. The van der Waals surface area contributed by atoms with E-state index in [1.165, 1.54) is 18.2 Å². The Morgan fingerprint density at radius 3 is 2.43 bits per heavy atom. The van der Waals surface area contributed by atoms with Gasteiger partial charge in [-0.3, -0.25) is 4.79 Å². The van der Waals surface area contributed by atoms with Gasteiger partial charge in [-0.2, -0.15) is 8.42 Å². The highest BCUT2D eigenvalue weighted by Gasteiger charge is 2.24. The van der Waals surface area contributed by atoms with Gasteiger partial charge in [0.2, 0.25) is 0 Å². The molecule has 0 aliphatic carbocycles. The molecule has 1 saturated heterocycles. The van der Waals surface area contributed by atoms with E-state index in [0.29, 0.717) is 18.7 Å². The Kier molecular flexibility index (Phi) is 6.77. The van der Waals surface area contributed by atoms with Crippen LogP contribution in [-0.2, 0) is 19.6 Å². The Morgan fingerprint density at radius 2 is 1.70 bits per heavy atom. The molecule has 0 spiro atoms. The number of nitrogens with zero attached hydrogens (tertiary/aromatic N) is 1. The van der Waals surface area contributed by atoms with Crippen molar-refractivity contribution in [1.29, 1.82) is 0 Å². The maximum atomic E-state index is 12.8. The monoisotopic (exact) mass is 431 g/mol. The number of esters is 1. The van der Waals surface area contributed by atoms with Crippen LogP contribution in [0.2, 0.25) is 0 Å². The average molecular weight is 432 g/mol. The molecule has 0 bridgehead atoms. The van der Waals surface area contributed by atoms with E-state index in [2.05, 4.69) is 0 Å². The minimum atomic E-state index is -4.15. The van der Waals surface area contributed by atoms with Crippen molar-refractivity contribution in [3.05, 3.63) is 59.2 Å². The van der Waals surface area contributed by atoms with Gasteiger partial charge in [-0.1, -0.05) is 24.3 Å². The molecule has 3 rings (SSSR count). The summed E-state index contributed by atoms with van der Waals surface area (Å²) in [6.07, 6.45) is 2.96. The summed E-state index contributed by atoms with van der Waals surface area (Å²) in [7, 11) is -4.15. The Balaban J connectivity index is 1.74. The van der Waals surface area contributed by atoms with Crippen molar-refractivity contribution in [3.63, 3.8) is 0 Å². The van der Waals surface area contributed by atoms with Gasteiger partial charge in [-0.05, 0) is 62.4 Å². The molecule has 2 aromatic carbocycles. The SMILES string of the molecule is Cc1ccc(C)c(S(=O)(=O)Oc2ccccc2C(=O)OCC(=O)N2CCCCC2)c1. The van der Waals surface area contributed by atoms with Crippen molar-refractivity contribution in [2.45, 2.75) is 38.0 Å². The third-order valence-corrected chi connectivity index (χ3v) is 6.33. The molecule has 1 amide bonds. The molecule has 2 aromatic rings. The van der Waals surface area contributed by atoms with Crippen LogP contribution in [0.3, 0.4) is 0 Å². The standard InChI is InChI=1S/C22H25NO6S/c1-16-10-11-17(2)20(14-16)30(26,27)29-19-9-5-4-8-18(19)22(25)28-15-21(24)23-12-6-3-7-13-23/h4-5,8-11,14H,3,6-7,12-13,15H2,1-2H3. The van der Waals surface area contributed by atoms with E-state index < -0.39 is 22.7 Å². The van der Waals surface area contributed by atoms with E-state index in [1.54, 1.807) is 43.0 Å². The van der Waals surface area contributed by atoms with Crippen LogP contribution in [-0.4, -0.2) is 44.9 Å². The van der Waals surface area contributed by atoms with Crippen molar-refractivity contribution in [1.82, 2.24) is 4.90 Å². The van der Waals surface area contributed by atoms with Crippen LogP contribution < -0.4 is 4.18 Å². The van der Waals surface area contributed by atoms with Gasteiger partial charge in [-0.15, -0.1) is 0 Å². The Bertz CT molecular complexity index is 1040. The molecular weight excluding hydrogens is 406 g/mol. The lowest BCUT2D eigenvalue weighted by molar-refractivity contribution is -0.135. The van der Waals surface area contributed by atoms with Crippen LogP contribution in [0.15, 0.2) is 47.4 Å². The molecule has 0 saturated carbocycles. The summed E-state index contributed by atoms with van der Waals surface area (Å²) in [5.74, 6) is -1.22. The fourth-order valence-corrected chi connectivity index (χ4v) is 4.55. The van der Waals surface area contributed by atoms with Crippen molar-refractivity contribution < 1.29 is 26.9 Å². The van der Waals surface area contributed by atoms with Crippen LogP contribution in [0, 0.1) is 13.8 Å². The van der Waals surface area contributed by atoms with E-state index in [0.717, 1.165) is 24.8 Å². The van der Waals surface area contributed by atoms with Crippen molar-refractivity contribution in [3.8, 4) is 5.75 Å². The number of para-hydroxylation sites is 1. The molecule has 0 radical (unpaired) electrons. The number of likely N-dealkylation sites (tertiary alicyclic amines) is 1. The third-order valence-electron chi connectivity index (χ3n) is 4.95. The topological polar surface area (TPSA) is 90.0 Å². The van der Waals surface area contributed by atoms with Gasteiger partial charge in [0.15, 0.2) is 12.4 Å². The third kappa shape index (κ3) is 5.18. The highest BCUT2D eigenvalue weighted by molar-refractivity contribution is 7.87. The molecule has 0 atom stereocenters. The maximum Gasteiger partial charge on any atom is 0.342 e. The summed E-state index contributed by atoms with van der Waals surface area (Å²) >= 11 is 0. The van der Waals surface area contributed by atoms with E-state index in [-0.39, 0.29) is 22.1 Å². The van der Waals surface area contributed by atoms with Crippen LogP contribution in [0.5, 0.6) is 5.75 Å². The number of hydrogen-bond acceptors (Lipinski definition) is 6. The second-order valence-electron chi connectivity index (χ2n) is 7.32. The second-order valence-corrected chi connectivity index (χ2v) is 8.83. The number of piperidine rings is 1. The highest BCUT2D eigenvalue weighted by Crippen LogP contribution is 2.26. The van der Waals surface area contributed by atoms with Crippen molar-refractivity contribution in [2.24, 2.45) is 0 Å². The number of ether oxygens (including phenoxy) is 1. The molecule has 1 fully saturated rings. The number of rotatable bonds is 6. The van der Waals surface area contributed by atoms with Gasteiger partial charge in [0.1, 0.15) is 10.5 Å². The normalized spacial score (nSPS) is 14.3.